The summed E-state index contributed by atoms with van der Waals surface area (Å²) < 4.78 is 28.8. The van der Waals surface area contributed by atoms with Gasteiger partial charge in [-0.1, -0.05) is 25.0 Å². The molecule has 0 heterocycles. The van der Waals surface area contributed by atoms with Gasteiger partial charge in [-0.05, 0) is 43.5 Å². The lowest BCUT2D eigenvalue weighted by Gasteiger charge is -2.23. The van der Waals surface area contributed by atoms with E-state index in [0.717, 1.165) is 5.56 Å². The van der Waals surface area contributed by atoms with Gasteiger partial charge in [0.15, 0.2) is 0 Å². The first kappa shape index (κ1) is 13.3. The van der Waals surface area contributed by atoms with Crippen molar-refractivity contribution in [2.75, 3.05) is 7.05 Å². The van der Waals surface area contributed by atoms with Crippen molar-refractivity contribution in [1.29, 1.82) is 0 Å². The van der Waals surface area contributed by atoms with E-state index < -0.39 is 6.61 Å². The molecule has 1 unspecified atom stereocenters. The van der Waals surface area contributed by atoms with Gasteiger partial charge in [-0.25, -0.2) is 0 Å². The molecule has 0 radical (unpaired) electrons. The lowest BCUT2D eigenvalue weighted by molar-refractivity contribution is -0.0499. The monoisotopic (exact) mass is 255 g/mol. The van der Waals surface area contributed by atoms with Crippen LogP contribution in [0.2, 0.25) is 0 Å². The minimum Gasteiger partial charge on any atom is -0.435 e. The highest BCUT2D eigenvalue weighted by Gasteiger charge is 2.25. The Bertz CT molecular complexity index is 378. The van der Waals surface area contributed by atoms with E-state index in [1.807, 2.05) is 13.1 Å². The average molecular weight is 255 g/mol. The summed E-state index contributed by atoms with van der Waals surface area (Å²) in [6, 6.07) is 7.25. The number of halogens is 2. The van der Waals surface area contributed by atoms with Gasteiger partial charge in [-0.2, -0.15) is 8.78 Å². The topological polar surface area (TPSA) is 21.3 Å². The first-order valence-corrected chi connectivity index (χ1v) is 6.42. The zero-order valence-electron chi connectivity index (χ0n) is 10.5. The summed E-state index contributed by atoms with van der Waals surface area (Å²) >= 11 is 0. The Morgan fingerprint density at radius 1 is 1.28 bits per heavy atom. The van der Waals surface area contributed by atoms with Gasteiger partial charge < -0.3 is 10.1 Å². The summed E-state index contributed by atoms with van der Waals surface area (Å²) in [6.45, 7) is -2.76. The number of rotatable bonds is 5. The smallest absolute Gasteiger partial charge is 0.387 e. The second-order valence-electron chi connectivity index (χ2n) is 4.76. The van der Waals surface area contributed by atoms with Crippen LogP contribution >= 0.6 is 0 Å². The molecule has 0 bridgehead atoms. The summed E-state index contributed by atoms with van der Waals surface area (Å²) in [5.74, 6) is 0.831. The molecule has 1 atom stereocenters. The molecule has 1 aromatic carbocycles. The Labute approximate surface area is 106 Å². The quantitative estimate of drug-likeness (QED) is 0.865. The first-order valence-electron chi connectivity index (χ1n) is 6.42. The van der Waals surface area contributed by atoms with Crippen molar-refractivity contribution in [3.63, 3.8) is 0 Å². The molecule has 2 nitrogen and oxygen atoms in total. The zero-order chi connectivity index (χ0) is 13.0. The van der Waals surface area contributed by atoms with Gasteiger partial charge in [-0.3, -0.25) is 0 Å². The van der Waals surface area contributed by atoms with Crippen LogP contribution in [0.5, 0.6) is 5.75 Å². The van der Waals surface area contributed by atoms with Crippen molar-refractivity contribution < 1.29 is 13.5 Å². The molecule has 1 saturated carbocycles. The molecule has 0 aromatic heterocycles. The van der Waals surface area contributed by atoms with Gasteiger partial charge in [0.25, 0.3) is 0 Å². The van der Waals surface area contributed by atoms with Gasteiger partial charge >= 0.3 is 6.61 Å². The van der Waals surface area contributed by atoms with Gasteiger partial charge in [0.1, 0.15) is 5.75 Å². The summed E-state index contributed by atoms with van der Waals surface area (Å²) in [6.07, 6.45) is 4.92. The van der Waals surface area contributed by atoms with Gasteiger partial charge in [-0.15, -0.1) is 0 Å². The van der Waals surface area contributed by atoms with Crippen molar-refractivity contribution in [2.45, 2.75) is 38.3 Å². The molecule has 0 spiro atoms. The molecule has 100 valence electrons. The Balaban J connectivity index is 2.14. The fraction of sp³-hybridized carbons (Fsp3) is 0.571. The van der Waals surface area contributed by atoms with E-state index in [-0.39, 0.29) is 11.8 Å². The second-order valence-corrected chi connectivity index (χ2v) is 4.76. The first-order chi connectivity index (χ1) is 8.70. The van der Waals surface area contributed by atoms with Crippen molar-refractivity contribution in [3.05, 3.63) is 29.8 Å². The molecular formula is C14H19F2NO. The maximum atomic E-state index is 12.2. The molecule has 1 fully saturated rings. The highest BCUT2D eigenvalue weighted by atomic mass is 19.3. The maximum Gasteiger partial charge on any atom is 0.387 e. The van der Waals surface area contributed by atoms with E-state index in [4.69, 9.17) is 0 Å². The normalized spacial score (nSPS) is 18.2. The van der Waals surface area contributed by atoms with Crippen LogP contribution in [0, 0.1) is 5.92 Å². The fourth-order valence-electron chi connectivity index (χ4n) is 2.85. The minimum atomic E-state index is -2.76. The van der Waals surface area contributed by atoms with Crippen molar-refractivity contribution in [2.24, 2.45) is 5.92 Å². The number of hydrogen-bond acceptors (Lipinski definition) is 2. The van der Waals surface area contributed by atoms with Crippen LogP contribution in [0.15, 0.2) is 24.3 Å². The average Bonchev–Trinajstić information content (AvgIpc) is 2.83. The summed E-state index contributed by atoms with van der Waals surface area (Å²) in [4.78, 5) is 0. The summed E-state index contributed by atoms with van der Waals surface area (Å²) in [5.41, 5.74) is 1.03. The van der Waals surface area contributed by atoms with Crippen LogP contribution in [-0.4, -0.2) is 13.7 Å². The van der Waals surface area contributed by atoms with E-state index >= 15 is 0 Å². The highest BCUT2D eigenvalue weighted by Crippen LogP contribution is 2.36. The lowest BCUT2D eigenvalue weighted by Crippen LogP contribution is -2.23. The third kappa shape index (κ3) is 3.19. The van der Waals surface area contributed by atoms with E-state index in [0.29, 0.717) is 5.92 Å². The number of ether oxygens (including phenoxy) is 1. The zero-order valence-corrected chi connectivity index (χ0v) is 10.5. The predicted molar refractivity (Wildman–Crippen MR) is 66.8 cm³/mol. The summed E-state index contributed by atoms with van der Waals surface area (Å²) in [5, 5.41) is 3.30. The Kier molecular flexibility index (Phi) is 4.53. The third-order valence-electron chi connectivity index (χ3n) is 3.62. The number of benzene rings is 1. The molecule has 0 aliphatic heterocycles. The molecule has 18 heavy (non-hydrogen) atoms. The molecule has 2 rings (SSSR count). The van der Waals surface area contributed by atoms with Gasteiger partial charge in [0.2, 0.25) is 0 Å². The minimum absolute atomic E-state index is 0.230. The van der Waals surface area contributed by atoms with Crippen LogP contribution < -0.4 is 10.1 Å². The van der Waals surface area contributed by atoms with E-state index in [1.54, 1.807) is 18.2 Å². The number of nitrogens with one attached hydrogen (secondary N) is 1. The Morgan fingerprint density at radius 2 is 2.00 bits per heavy atom. The van der Waals surface area contributed by atoms with Crippen molar-refractivity contribution in [3.8, 4) is 5.75 Å². The molecule has 0 saturated heterocycles. The Morgan fingerprint density at radius 3 is 2.61 bits per heavy atom. The van der Waals surface area contributed by atoms with E-state index in [9.17, 15) is 8.78 Å². The van der Waals surface area contributed by atoms with Crippen LogP contribution in [0.3, 0.4) is 0 Å². The van der Waals surface area contributed by atoms with Gasteiger partial charge in [0, 0.05) is 6.04 Å². The van der Waals surface area contributed by atoms with E-state index in [2.05, 4.69) is 10.1 Å². The molecule has 1 aliphatic carbocycles. The predicted octanol–water partition coefficient (Wildman–Crippen LogP) is 3.74. The van der Waals surface area contributed by atoms with Crippen molar-refractivity contribution in [1.82, 2.24) is 5.32 Å². The summed E-state index contributed by atoms with van der Waals surface area (Å²) in [7, 11) is 1.92. The van der Waals surface area contributed by atoms with Crippen LogP contribution in [0.4, 0.5) is 8.78 Å². The number of alkyl halides is 2. The maximum absolute atomic E-state index is 12.2. The SMILES string of the molecule is CNC(c1cccc(OC(F)F)c1)C1CCCC1. The third-order valence-corrected chi connectivity index (χ3v) is 3.62. The molecule has 1 aromatic rings. The lowest BCUT2D eigenvalue weighted by atomic mass is 9.92. The largest absolute Gasteiger partial charge is 0.435 e. The number of hydrogen-bond donors (Lipinski definition) is 1. The second kappa shape index (κ2) is 6.14. The Hall–Kier alpha value is -1.16. The van der Waals surface area contributed by atoms with Gasteiger partial charge in [0.05, 0.1) is 0 Å². The van der Waals surface area contributed by atoms with Crippen LogP contribution in [0.25, 0.3) is 0 Å². The molecule has 1 aliphatic rings. The van der Waals surface area contributed by atoms with Crippen molar-refractivity contribution >= 4 is 0 Å². The molecule has 4 heteroatoms. The van der Waals surface area contributed by atoms with Crippen LogP contribution in [-0.2, 0) is 0 Å². The van der Waals surface area contributed by atoms with Crippen LogP contribution in [0.1, 0.15) is 37.3 Å². The molecule has 1 N–H and O–H groups in total. The standard InChI is InChI=1S/C14H19F2NO/c1-17-13(10-5-2-3-6-10)11-7-4-8-12(9-11)18-14(15)16/h4,7-10,13-14,17H,2-3,5-6H2,1H3. The highest BCUT2D eigenvalue weighted by molar-refractivity contribution is 5.31. The fourth-order valence-corrected chi connectivity index (χ4v) is 2.85. The van der Waals surface area contributed by atoms with E-state index in [1.165, 1.54) is 25.7 Å². The molecule has 0 amide bonds. The molecular weight excluding hydrogens is 236 g/mol.